The Morgan fingerprint density at radius 3 is 3.05 bits per heavy atom. The number of nitrogens with zero attached hydrogens (tertiary/aromatic N) is 2. The highest BCUT2D eigenvalue weighted by Gasteiger charge is 2.03. The van der Waals surface area contributed by atoms with Gasteiger partial charge in [-0.2, -0.15) is 4.98 Å². The molecule has 0 radical (unpaired) electrons. The summed E-state index contributed by atoms with van der Waals surface area (Å²) in [5, 5.41) is 7.02. The van der Waals surface area contributed by atoms with Crippen LogP contribution >= 0.6 is 0 Å². The normalized spacial score (nSPS) is 10.4. The Hall–Kier alpha value is -2.24. The molecular formula is C13H18N4O2. The van der Waals surface area contributed by atoms with E-state index < -0.39 is 0 Å². The molecule has 0 amide bonds. The number of hydrogen-bond acceptors (Lipinski definition) is 6. The SMILES string of the molecule is CCCOc1cc(NCCc2ncon2)ccc1N. The molecular weight excluding hydrogens is 244 g/mol. The molecule has 0 aliphatic carbocycles. The average Bonchev–Trinajstić information content (AvgIpc) is 2.92. The van der Waals surface area contributed by atoms with Crippen molar-refractivity contribution in [1.29, 1.82) is 0 Å². The van der Waals surface area contributed by atoms with Gasteiger partial charge >= 0.3 is 0 Å². The molecule has 1 aromatic carbocycles. The van der Waals surface area contributed by atoms with Crippen molar-refractivity contribution in [2.75, 3.05) is 24.2 Å². The average molecular weight is 262 g/mol. The van der Waals surface area contributed by atoms with Crippen LogP contribution in [-0.4, -0.2) is 23.3 Å². The minimum Gasteiger partial charge on any atom is -0.491 e. The number of anilines is 2. The van der Waals surface area contributed by atoms with E-state index in [1.165, 1.54) is 6.39 Å². The summed E-state index contributed by atoms with van der Waals surface area (Å²) in [5.74, 6) is 1.40. The molecule has 102 valence electrons. The predicted octanol–water partition coefficient (Wildman–Crippen LogP) is 2.10. The zero-order chi connectivity index (χ0) is 13.5. The van der Waals surface area contributed by atoms with Crippen LogP contribution in [0.25, 0.3) is 0 Å². The van der Waals surface area contributed by atoms with Crippen LogP contribution in [0.2, 0.25) is 0 Å². The highest BCUT2D eigenvalue weighted by Crippen LogP contribution is 2.25. The maximum Gasteiger partial charge on any atom is 0.213 e. The van der Waals surface area contributed by atoms with Gasteiger partial charge in [0.25, 0.3) is 0 Å². The molecule has 6 nitrogen and oxygen atoms in total. The first-order valence-corrected chi connectivity index (χ1v) is 6.31. The Morgan fingerprint density at radius 2 is 2.32 bits per heavy atom. The Kier molecular flexibility index (Phi) is 4.60. The van der Waals surface area contributed by atoms with Crippen LogP contribution in [0.3, 0.4) is 0 Å². The smallest absolute Gasteiger partial charge is 0.213 e. The Bertz CT molecular complexity index is 499. The number of nitrogens with one attached hydrogen (secondary N) is 1. The van der Waals surface area contributed by atoms with E-state index in [-0.39, 0.29) is 0 Å². The molecule has 0 saturated heterocycles. The van der Waals surface area contributed by atoms with Gasteiger partial charge < -0.3 is 20.3 Å². The molecule has 2 rings (SSSR count). The summed E-state index contributed by atoms with van der Waals surface area (Å²) in [6, 6.07) is 5.66. The minimum absolute atomic E-state index is 0.650. The molecule has 0 spiro atoms. The van der Waals surface area contributed by atoms with Crippen LogP contribution in [0.5, 0.6) is 5.75 Å². The number of nitrogen functional groups attached to an aromatic ring is 1. The number of rotatable bonds is 7. The molecule has 1 aromatic heterocycles. The maximum absolute atomic E-state index is 5.85. The van der Waals surface area contributed by atoms with Crippen LogP contribution < -0.4 is 15.8 Å². The number of ether oxygens (including phenoxy) is 1. The predicted molar refractivity (Wildman–Crippen MR) is 73.1 cm³/mol. The molecule has 2 aromatic rings. The summed E-state index contributed by atoms with van der Waals surface area (Å²) < 4.78 is 10.2. The summed E-state index contributed by atoms with van der Waals surface area (Å²) in [5.41, 5.74) is 7.46. The summed E-state index contributed by atoms with van der Waals surface area (Å²) >= 11 is 0. The lowest BCUT2D eigenvalue weighted by atomic mass is 10.2. The number of nitrogens with two attached hydrogens (primary N) is 1. The molecule has 1 heterocycles. The molecule has 0 saturated carbocycles. The van der Waals surface area contributed by atoms with Gasteiger partial charge in [0.1, 0.15) is 5.75 Å². The van der Waals surface area contributed by atoms with E-state index in [0.717, 1.165) is 18.7 Å². The van der Waals surface area contributed by atoms with E-state index in [4.69, 9.17) is 10.5 Å². The third kappa shape index (κ3) is 3.87. The van der Waals surface area contributed by atoms with E-state index in [2.05, 4.69) is 26.9 Å². The van der Waals surface area contributed by atoms with Crippen molar-refractivity contribution in [1.82, 2.24) is 10.1 Å². The standard InChI is InChI=1S/C13H18N4O2/c1-2-7-18-12-8-10(3-4-11(12)14)15-6-5-13-16-9-19-17-13/h3-4,8-9,15H,2,5-7,14H2,1H3. The molecule has 0 aliphatic rings. The third-order valence-electron chi connectivity index (χ3n) is 2.56. The van der Waals surface area contributed by atoms with E-state index in [9.17, 15) is 0 Å². The second-order valence-electron chi connectivity index (χ2n) is 4.13. The minimum atomic E-state index is 0.650. The van der Waals surface area contributed by atoms with Gasteiger partial charge in [0.05, 0.1) is 12.3 Å². The van der Waals surface area contributed by atoms with Gasteiger partial charge in [-0.05, 0) is 18.6 Å². The van der Waals surface area contributed by atoms with Gasteiger partial charge in [-0.1, -0.05) is 12.1 Å². The van der Waals surface area contributed by atoms with Crippen LogP contribution in [0, 0.1) is 0 Å². The largest absolute Gasteiger partial charge is 0.491 e. The highest BCUT2D eigenvalue weighted by atomic mass is 16.5. The van der Waals surface area contributed by atoms with Crippen molar-refractivity contribution >= 4 is 11.4 Å². The topological polar surface area (TPSA) is 86.2 Å². The first kappa shape index (κ1) is 13.2. The summed E-state index contributed by atoms with van der Waals surface area (Å²) in [4.78, 5) is 3.96. The molecule has 0 unspecified atom stereocenters. The second kappa shape index (κ2) is 6.63. The van der Waals surface area contributed by atoms with E-state index in [1.807, 2.05) is 18.2 Å². The second-order valence-corrected chi connectivity index (χ2v) is 4.13. The van der Waals surface area contributed by atoms with Crippen molar-refractivity contribution < 1.29 is 9.26 Å². The van der Waals surface area contributed by atoms with Crippen molar-refractivity contribution in [3.05, 3.63) is 30.4 Å². The summed E-state index contributed by atoms with van der Waals surface area (Å²) in [6.45, 7) is 3.44. The van der Waals surface area contributed by atoms with Crippen molar-refractivity contribution in [3.63, 3.8) is 0 Å². The number of hydrogen-bond donors (Lipinski definition) is 2. The fourth-order valence-electron chi connectivity index (χ4n) is 1.60. The molecule has 0 bridgehead atoms. The quantitative estimate of drug-likeness (QED) is 0.743. The lowest BCUT2D eigenvalue weighted by molar-refractivity contribution is 0.319. The summed E-state index contributed by atoms with van der Waals surface area (Å²) in [6.07, 6.45) is 2.98. The fraction of sp³-hybridized carbons (Fsp3) is 0.385. The highest BCUT2D eigenvalue weighted by molar-refractivity contribution is 5.61. The molecule has 0 atom stereocenters. The van der Waals surface area contributed by atoms with Crippen LogP contribution in [0.1, 0.15) is 19.2 Å². The van der Waals surface area contributed by atoms with Crippen molar-refractivity contribution in [3.8, 4) is 5.75 Å². The maximum atomic E-state index is 5.85. The van der Waals surface area contributed by atoms with Gasteiger partial charge in [-0.3, -0.25) is 0 Å². The van der Waals surface area contributed by atoms with Crippen LogP contribution in [0.15, 0.2) is 29.1 Å². The Morgan fingerprint density at radius 1 is 1.42 bits per heavy atom. The van der Waals surface area contributed by atoms with E-state index >= 15 is 0 Å². The zero-order valence-corrected chi connectivity index (χ0v) is 10.9. The zero-order valence-electron chi connectivity index (χ0n) is 10.9. The van der Waals surface area contributed by atoms with E-state index in [1.54, 1.807) is 0 Å². The van der Waals surface area contributed by atoms with Gasteiger partial charge in [0.15, 0.2) is 5.82 Å². The molecule has 0 aliphatic heterocycles. The third-order valence-corrected chi connectivity index (χ3v) is 2.56. The number of aromatic nitrogens is 2. The Balaban J connectivity index is 1.89. The van der Waals surface area contributed by atoms with Gasteiger partial charge in [0, 0.05) is 24.7 Å². The fourth-order valence-corrected chi connectivity index (χ4v) is 1.60. The lowest BCUT2D eigenvalue weighted by Gasteiger charge is -2.11. The van der Waals surface area contributed by atoms with Crippen LogP contribution in [0.4, 0.5) is 11.4 Å². The van der Waals surface area contributed by atoms with Gasteiger partial charge in [-0.25, -0.2) is 0 Å². The molecule has 0 fully saturated rings. The molecule has 6 heteroatoms. The number of benzene rings is 1. The monoisotopic (exact) mass is 262 g/mol. The van der Waals surface area contributed by atoms with E-state index in [0.29, 0.717) is 30.3 Å². The summed E-state index contributed by atoms with van der Waals surface area (Å²) in [7, 11) is 0. The van der Waals surface area contributed by atoms with Crippen molar-refractivity contribution in [2.45, 2.75) is 19.8 Å². The van der Waals surface area contributed by atoms with Crippen LogP contribution in [-0.2, 0) is 6.42 Å². The molecule has 19 heavy (non-hydrogen) atoms. The van der Waals surface area contributed by atoms with Gasteiger partial charge in [0.2, 0.25) is 6.39 Å². The first-order valence-electron chi connectivity index (χ1n) is 6.31. The Labute approximate surface area is 112 Å². The van der Waals surface area contributed by atoms with Gasteiger partial charge in [-0.15, -0.1) is 0 Å². The molecule has 3 N–H and O–H groups in total. The first-order chi connectivity index (χ1) is 9.29. The van der Waals surface area contributed by atoms with Crippen molar-refractivity contribution in [2.24, 2.45) is 0 Å². The lowest BCUT2D eigenvalue weighted by Crippen LogP contribution is -2.07.